The molecule has 3 nitrogen and oxygen atoms in total. The molecular formula is C12H14O3. The minimum absolute atomic E-state index is 0.181. The molecule has 0 amide bonds. The number of hydrogen-bond donors (Lipinski definition) is 0. The minimum atomic E-state index is -0.756. The highest BCUT2D eigenvalue weighted by molar-refractivity contribution is 6.33. The molecule has 3 heteroatoms. The van der Waals surface area contributed by atoms with Crippen LogP contribution in [0.5, 0.6) is 0 Å². The lowest BCUT2D eigenvalue weighted by Gasteiger charge is -2.12. The molecular weight excluding hydrogens is 192 g/mol. The number of hydrogen-bond acceptors (Lipinski definition) is 3. The van der Waals surface area contributed by atoms with Gasteiger partial charge in [0, 0.05) is 6.42 Å². The zero-order valence-corrected chi connectivity index (χ0v) is 8.90. The fourth-order valence-electron chi connectivity index (χ4n) is 1.16. The van der Waals surface area contributed by atoms with Gasteiger partial charge < -0.3 is 4.74 Å². The SMILES string of the molecule is CCC(=O)C(=O)OC(C)c1ccccc1. The Morgan fingerprint density at radius 1 is 1.27 bits per heavy atom. The van der Waals surface area contributed by atoms with Gasteiger partial charge in [0.25, 0.3) is 0 Å². The van der Waals surface area contributed by atoms with Crippen LogP contribution in [0.2, 0.25) is 0 Å². The van der Waals surface area contributed by atoms with E-state index in [1.165, 1.54) is 0 Å². The molecule has 0 radical (unpaired) electrons. The van der Waals surface area contributed by atoms with E-state index in [1.807, 2.05) is 30.3 Å². The largest absolute Gasteiger partial charge is 0.452 e. The van der Waals surface area contributed by atoms with Crippen molar-refractivity contribution in [1.29, 1.82) is 0 Å². The van der Waals surface area contributed by atoms with Gasteiger partial charge >= 0.3 is 5.97 Å². The number of ketones is 1. The molecule has 0 aliphatic carbocycles. The molecule has 1 atom stereocenters. The molecule has 0 heterocycles. The number of ether oxygens (including phenoxy) is 1. The molecule has 1 unspecified atom stereocenters. The number of carbonyl (C=O) groups is 2. The van der Waals surface area contributed by atoms with Crippen molar-refractivity contribution in [3.63, 3.8) is 0 Å². The van der Waals surface area contributed by atoms with E-state index in [0.717, 1.165) is 5.56 Å². The summed E-state index contributed by atoms with van der Waals surface area (Å²) in [7, 11) is 0. The molecule has 0 bridgehead atoms. The van der Waals surface area contributed by atoms with Gasteiger partial charge in [-0.05, 0) is 12.5 Å². The summed E-state index contributed by atoms with van der Waals surface area (Å²) in [4.78, 5) is 22.2. The van der Waals surface area contributed by atoms with Crippen LogP contribution in [0.4, 0.5) is 0 Å². The van der Waals surface area contributed by atoms with Crippen molar-refractivity contribution in [3.05, 3.63) is 35.9 Å². The average Bonchev–Trinajstić information content (AvgIpc) is 2.29. The molecule has 1 aromatic rings. The Morgan fingerprint density at radius 3 is 2.40 bits per heavy atom. The van der Waals surface area contributed by atoms with Gasteiger partial charge in [-0.15, -0.1) is 0 Å². The Bertz CT molecular complexity index is 343. The number of carbonyl (C=O) groups excluding carboxylic acids is 2. The normalized spacial score (nSPS) is 11.9. The lowest BCUT2D eigenvalue weighted by molar-refractivity contribution is -0.157. The standard InChI is InChI=1S/C12H14O3/c1-3-11(13)12(14)15-9(2)10-7-5-4-6-8-10/h4-9H,3H2,1-2H3. The molecule has 1 aromatic carbocycles. The maximum Gasteiger partial charge on any atom is 0.375 e. The second-order valence-corrected chi connectivity index (χ2v) is 3.23. The molecule has 1 rings (SSSR count). The monoisotopic (exact) mass is 206 g/mol. The Balaban J connectivity index is 2.60. The number of esters is 1. The van der Waals surface area contributed by atoms with Crippen molar-refractivity contribution >= 4 is 11.8 Å². The van der Waals surface area contributed by atoms with Crippen LogP contribution in [0.15, 0.2) is 30.3 Å². The lowest BCUT2D eigenvalue weighted by Crippen LogP contribution is -2.18. The van der Waals surface area contributed by atoms with Crippen molar-refractivity contribution < 1.29 is 14.3 Å². The molecule has 15 heavy (non-hydrogen) atoms. The van der Waals surface area contributed by atoms with Gasteiger partial charge in [0.1, 0.15) is 6.10 Å². The predicted octanol–water partition coefficient (Wildman–Crippen LogP) is 2.27. The summed E-state index contributed by atoms with van der Waals surface area (Å²) in [6, 6.07) is 9.32. The van der Waals surface area contributed by atoms with Gasteiger partial charge in [-0.3, -0.25) is 4.79 Å². The second kappa shape index (κ2) is 5.29. The molecule has 0 spiro atoms. The highest BCUT2D eigenvalue weighted by Crippen LogP contribution is 2.16. The summed E-state index contributed by atoms with van der Waals surface area (Å²) in [5.41, 5.74) is 0.884. The molecule has 80 valence electrons. The van der Waals surface area contributed by atoms with E-state index >= 15 is 0 Å². The van der Waals surface area contributed by atoms with E-state index in [4.69, 9.17) is 4.74 Å². The van der Waals surface area contributed by atoms with Crippen LogP contribution >= 0.6 is 0 Å². The van der Waals surface area contributed by atoms with Gasteiger partial charge in [-0.25, -0.2) is 4.79 Å². The van der Waals surface area contributed by atoms with Crippen molar-refractivity contribution in [2.75, 3.05) is 0 Å². The fourth-order valence-corrected chi connectivity index (χ4v) is 1.16. The molecule has 0 aliphatic heterocycles. The maximum absolute atomic E-state index is 11.2. The molecule has 0 aromatic heterocycles. The van der Waals surface area contributed by atoms with Crippen molar-refractivity contribution in [3.8, 4) is 0 Å². The van der Waals surface area contributed by atoms with E-state index in [-0.39, 0.29) is 12.5 Å². The van der Waals surface area contributed by atoms with E-state index in [0.29, 0.717) is 0 Å². The Hall–Kier alpha value is -1.64. The van der Waals surface area contributed by atoms with Crippen LogP contribution in [0.25, 0.3) is 0 Å². The smallest absolute Gasteiger partial charge is 0.375 e. The third kappa shape index (κ3) is 3.20. The number of benzene rings is 1. The Kier molecular flexibility index (Phi) is 4.03. The third-order valence-corrected chi connectivity index (χ3v) is 2.10. The zero-order valence-electron chi connectivity index (χ0n) is 8.90. The van der Waals surface area contributed by atoms with Crippen LogP contribution in [-0.4, -0.2) is 11.8 Å². The van der Waals surface area contributed by atoms with Crippen LogP contribution in [-0.2, 0) is 14.3 Å². The van der Waals surface area contributed by atoms with Gasteiger partial charge in [0.2, 0.25) is 5.78 Å². The van der Waals surface area contributed by atoms with Crippen LogP contribution in [0.3, 0.4) is 0 Å². The van der Waals surface area contributed by atoms with Gasteiger partial charge in [0.05, 0.1) is 0 Å². The zero-order chi connectivity index (χ0) is 11.3. The van der Waals surface area contributed by atoms with Crippen molar-refractivity contribution in [1.82, 2.24) is 0 Å². The average molecular weight is 206 g/mol. The van der Waals surface area contributed by atoms with E-state index in [2.05, 4.69) is 0 Å². The fraction of sp³-hybridized carbons (Fsp3) is 0.333. The summed E-state index contributed by atoms with van der Waals surface area (Å²) >= 11 is 0. The first-order chi connectivity index (χ1) is 7.15. The third-order valence-electron chi connectivity index (χ3n) is 2.10. The summed E-state index contributed by atoms with van der Waals surface area (Å²) in [5, 5.41) is 0. The second-order valence-electron chi connectivity index (χ2n) is 3.23. The predicted molar refractivity (Wildman–Crippen MR) is 56.2 cm³/mol. The highest BCUT2D eigenvalue weighted by Gasteiger charge is 2.16. The van der Waals surface area contributed by atoms with E-state index in [9.17, 15) is 9.59 Å². The Labute approximate surface area is 89.1 Å². The van der Waals surface area contributed by atoms with Gasteiger partial charge in [-0.2, -0.15) is 0 Å². The first-order valence-electron chi connectivity index (χ1n) is 4.94. The maximum atomic E-state index is 11.2. The molecule has 0 fully saturated rings. The van der Waals surface area contributed by atoms with Gasteiger partial charge in [-0.1, -0.05) is 37.3 Å². The summed E-state index contributed by atoms with van der Waals surface area (Å²) in [5.74, 6) is -1.24. The van der Waals surface area contributed by atoms with E-state index in [1.54, 1.807) is 13.8 Å². The minimum Gasteiger partial charge on any atom is -0.452 e. The number of rotatable bonds is 4. The van der Waals surface area contributed by atoms with Gasteiger partial charge in [0.15, 0.2) is 0 Å². The highest BCUT2D eigenvalue weighted by atomic mass is 16.5. The summed E-state index contributed by atoms with van der Waals surface area (Å²) < 4.78 is 5.00. The molecule has 0 N–H and O–H groups in total. The molecule has 0 saturated heterocycles. The quantitative estimate of drug-likeness (QED) is 0.560. The number of Topliss-reactive ketones (excluding diaryl/α,β-unsaturated/α-hetero) is 1. The van der Waals surface area contributed by atoms with Crippen molar-refractivity contribution in [2.24, 2.45) is 0 Å². The molecule has 0 saturated carbocycles. The van der Waals surface area contributed by atoms with Crippen LogP contribution in [0.1, 0.15) is 31.9 Å². The van der Waals surface area contributed by atoms with E-state index < -0.39 is 11.8 Å². The summed E-state index contributed by atoms with van der Waals surface area (Å²) in [6.07, 6.45) is -0.199. The molecule has 0 aliphatic rings. The first kappa shape index (κ1) is 11.4. The van der Waals surface area contributed by atoms with Crippen molar-refractivity contribution in [2.45, 2.75) is 26.4 Å². The first-order valence-corrected chi connectivity index (χ1v) is 4.94. The Morgan fingerprint density at radius 2 is 1.87 bits per heavy atom. The lowest BCUT2D eigenvalue weighted by atomic mass is 10.1. The van der Waals surface area contributed by atoms with Crippen LogP contribution in [0, 0.1) is 0 Å². The summed E-state index contributed by atoms with van der Waals surface area (Å²) in [6.45, 7) is 3.38. The van der Waals surface area contributed by atoms with Crippen LogP contribution < -0.4 is 0 Å². The topological polar surface area (TPSA) is 43.4 Å².